The molecule has 2 aliphatic rings. The summed E-state index contributed by atoms with van der Waals surface area (Å²) in [5.41, 5.74) is 1.73. The zero-order chi connectivity index (χ0) is 18.2. The number of likely N-dealkylation sites (N-methyl/N-ethyl adjacent to an activating group) is 1. The fourth-order valence-electron chi connectivity index (χ4n) is 3.76. The Labute approximate surface area is 149 Å². The zero-order valence-corrected chi connectivity index (χ0v) is 15.9. The smallest absolute Gasteiger partial charge is 0.242 e. The lowest BCUT2D eigenvalue weighted by atomic mass is 10.1. The van der Waals surface area contributed by atoms with Gasteiger partial charge in [0.05, 0.1) is 11.0 Å². The average molecular weight is 366 g/mol. The number of benzene rings is 1. The predicted octanol–water partition coefficient (Wildman–Crippen LogP) is 2.17. The van der Waals surface area contributed by atoms with Crippen molar-refractivity contribution in [1.29, 1.82) is 0 Å². The first-order valence-corrected chi connectivity index (χ1v) is 10.3. The van der Waals surface area contributed by atoms with Gasteiger partial charge in [-0.1, -0.05) is 0 Å². The van der Waals surface area contributed by atoms with Crippen molar-refractivity contribution in [2.45, 2.75) is 56.6 Å². The summed E-state index contributed by atoms with van der Waals surface area (Å²) in [5.74, 6) is -0.0200. The number of hydrogen-bond acceptors (Lipinski definition) is 4. The molecule has 0 bridgehead atoms. The van der Waals surface area contributed by atoms with E-state index in [0.29, 0.717) is 19.6 Å². The van der Waals surface area contributed by atoms with Gasteiger partial charge in [0.1, 0.15) is 0 Å². The van der Waals surface area contributed by atoms with Crippen molar-refractivity contribution in [3.8, 4) is 0 Å². The summed E-state index contributed by atoms with van der Waals surface area (Å²) in [6.45, 7) is 4.59. The Bertz CT molecular complexity index is 756. The van der Waals surface area contributed by atoms with Gasteiger partial charge >= 0.3 is 0 Å². The van der Waals surface area contributed by atoms with Gasteiger partial charge in [0.2, 0.25) is 15.9 Å². The summed E-state index contributed by atoms with van der Waals surface area (Å²) in [4.78, 5) is 13.8. The molecule has 0 saturated carbocycles. The van der Waals surface area contributed by atoms with E-state index in [0.717, 1.165) is 30.5 Å². The number of nitrogens with zero attached hydrogens (tertiary/aromatic N) is 2. The highest BCUT2D eigenvalue weighted by atomic mass is 32.2. The van der Waals surface area contributed by atoms with Crippen LogP contribution in [0.1, 0.15) is 38.7 Å². The summed E-state index contributed by atoms with van der Waals surface area (Å²) < 4.78 is 32.8. The SMILES string of the molecule is CC(=O)N1c2ccc(S(=O)(=O)N(C)CC3CCCCO3)cc2CC1C. The molecule has 2 aliphatic heterocycles. The van der Waals surface area contributed by atoms with Crippen molar-refractivity contribution < 1.29 is 17.9 Å². The molecule has 2 heterocycles. The van der Waals surface area contributed by atoms with E-state index in [-0.39, 0.29) is 22.9 Å². The highest BCUT2D eigenvalue weighted by Crippen LogP contribution is 2.34. The summed E-state index contributed by atoms with van der Waals surface area (Å²) in [5, 5.41) is 0. The van der Waals surface area contributed by atoms with Gasteiger partial charge in [0.15, 0.2) is 0 Å². The number of amides is 1. The van der Waals surface area contributed by atoms with Crippen LogP contribution in [-0.4, -0.2) is 51.0 Å². The molecule has 7 heteroatoms. The third kappa shape index (κ3) is 3.59. The molecule has 1 saturated heterocycles. The Morgan fingerprint density at radius 2 is 2.12 bits per heavy atom. The van der Waals surface area contributed by atoms with Gasteiger partial charge in [0, 0.05) is 38.9 Å². The lowest BCUT2D eigenvalue weighted by molar-refractivity contribution is -0.116. The average Bonchev–Trinajstić information content (AvgIpc) is 2.90. The van der Waals surface area contributed by atoms with Gasteiger partial charge in [-0.3, -0.25) is 4.79 Å². The first-order valence-electron chi connectivity index (χ1n) is 8.81. The van der Waals surface area contributed by atoms with Crippen molar-refractivity contribution in [3.63, 3.8) is 0 Å². The summed E-state index contributed by atoms with van der Waals surface area (Å²) in [6, 6.07) is 5.11. The highest BCUT2D eigenvalue weighted by Gasteiger charge is 2.31. The second-order valence-electron chi connectivity index (χ2n) is 7.01. The van der Waals surface area contributed by atoms with Crippen molar-refractivity contribution >= 4 is 21.6 Å². The van der Waals surface area contributed by atoms with Gasteiger partial charge in [-0.2, -0.15) is 4.31 Å². The van der Waals surface area contributed by atoms with Crippen molar-refractivity contribution in [3.05, 3.63) is 23.8 Å². The molecular formula is C18H26N2O4S. The Morgan fingerprint density at radius 3 is 2.76 bits per heavy atom. The molecule has 3 rings (SSSR count). The number of hydrogen-bond donors (Lipinski definition) is 0. The molecule has 0 aromatic heterocycles. The van der Waals surface area contributed by atoms with Gasteiger partial charge in [-0.15, -0.1) is 0 Å². The molecule has 1 fully saturated rings. The van der Waals surface area contributed by atoms with Gasteiger partial charge < -0.3 is 9.64 Å². The number of sulfonamides is 1. The van der Waals surface area contributed by atoms with E-state index in [1.165, 1.54) is 11.2 Å². The monoisotopic (exact) mass is 366 g/mol. The quantitative estimate of drug-likeness (QED) is 0.819. The first kappa shape index (κ1) is 18.4. The minimum atomic E-state index is -3.57. The molecule has 1 amide bonds. The molecule has 2 atom stereocenters. The molecule has 2 unspecified atom stereocenters. The molecule has 1 aromatic carbocycles. The molecule has 0 aliphatic carbocycles. The maximum absolute atomic E-state index is 12.9. The zero-order valence-electron chi connectivity index (χ0n) is 15.1. The number of carbonyl (C=O) groups is 1. The van der Waals surface area contributed by atoms with Crippen molar-refractivity contribution in [2.75, 3.05) is 25.1 Å². The fraction of sp³-hybridized carbons (Fsp3) is 0.611. The first-order chi connectivity index (χ1) is 11.8. The van der Waals surface area contributed by atoms with E-state index in [1.54, 1.807) is 30.1 Å². The van der Waals surface area contributed by atoms with E-state index < -0.39 is 10.0 Å². The van der Waals surface area contributed by atoms with Gasteiger partial charge in [-0.25, -0.2) is 8.42 Å². The van der Waals surface area contributed by atoms with Gasteiger partial charge in [0.25, 0.3) is 0 Å². The lowest BCUT2D eigenvalue weighted by Gasteiger charge is -2.27. The van der Waals surface area contributed by atoms with Crippen LogP contribution in [-0.2, 0) is 26.0 Å². The minimum Gasteiger partial charge on any atom is -0.377 e. The number of ether oxygens (including phenoxy) is 1. The van der Waals surface area contributed by atoms with E-state index in [2.05, 4.69) is 0 Å². The van der Waals surface area contributed by atoms with Crippen LogP contribution in [0.2, 0.25) is 0 Å². The molecule has 25 heavy (non-hydrogen) atoms. The highest BCUT2D eigenvalue weighted by molar-refractivity contribution is 7.89. The van der Waals surface area contributed by atoms with Gasteiger partial charge in [-0.05, 0) is 56.4 Å². The normalized spacial score (nSPS) is 23.8. The Hall–Kier alpha value is -1.44. The Balaban J connectivity index is 1.81. The van der Waals surface area contributed by atoms with Crippen LogP contribution in [0, 0.1) is 0 Å². The summed E-state index contributed by atoms with van der Waals surface area (Å²) in [6.07, 6.45) is 3.66. The van der Waals surface area contributed by atoms with E-state index in [1.807, 2.05) is 6.92 Å². The molecule has 138 valence electrons. The molecule has 6 nitrogen and oxygen atoms in total. The lowest BCUT2D eigenvalue weighted by Crippen LogP contribution is -2.37. The third-order valence-corrected chi connectivity index (χ3v) is 6.87. The van der Waals surface area contributed by atoms with E-state index in [4.69, 9.17) is 4.74 Å². The molecular weight excluding hydrogens is 340 g/mol. The topological polar surface area (TPSA) is 66.9 Å². The summed E-state index contributed by atoms with van der Waals surface area (Å²) >= 11 is 0. The molecule has 0 N–H and O–H groups in total. The van der Waals surface area contributed by atoms with Crippen LogP contribution in [0.3, 0.4) is 0 Å². The maximum Gasteiger partial charge on any atom is 0.242 e. The number of anilines is 1. The van der Waals surface area contributed by atoms with Crippen molar-refractivity contribution in [1.82, 2.24) is 4.31 Å². The Kier molecular flexibility index (Phi) is 5.18. The third-order valence-electron chi connectivity index (χ3n) is 5.05. The largest absolute Gasteiger partial charge is 0.377 e. The molecule has 0 radical (unpaired) electrons. The maximum atomic E-state index is 12.9. The molecule has 1 aromatic rings. The van der Waals surface area contributed by atoms with Crippen LogP contribution in [0.5, 0.6) is 0 Å². The van der Waals surface area contributed by atoms with Crippen LogP contribution < -0.4 is 4.90 Å². The summed E-state index contributed by atoms with van der Waals surface area (Å²) in [7, 11) is -1.96. The number of rotatable bonds is 4. The van der Waals surface area contributed by atoms with Crippen LogP contribution in [0.4, 0.5) is 5.69 Å². The minimum absolute atomic E-state index is 0.0200. The van der Waals surface area contributed by atoms with E-state index in [9.17, 15) is 13.2 Å². The second-order valence-corrected chi connectivity index (χ2v) is 9.05. The Morgan fingerprint density at radius 1 is 1.36 bits per heavy atom. The van der Waals surface area contributed by atoms with Crippen LogP contribution in [0.25, 0.3) is 0 Å². The number of fused-ring (bicyclic) bond motifs is 1. The second kappa shape index (κ2) is 7.05. The van der Waals surface area contributed by atoms with Crippen LogP contribution >= 0.6 is 0 Å². The van der Waals surface area contributed by atoms with Crippen molar-refractivity contribution in [2.24, 2.45) is 0 Å². The van der Waals surface area contributed by atoms with Crippen LogP contribution in [0.15, 0.2) is 23.1 Å². The fourth-order valence-corrected chi connectivity index (χ4v) is 5.02. The van der Waals surface area contributed by atoms with E-state index >= 15 is 0 Å². The standard InChI is InChI=1S/C18H26N2O4S/c1-13-10-15-11-17(7-8-18(15)20(13)14(2)21)25(22,23)19(3)12-16-6-4-5-9-24-16/h7-8,11,13,16H,4-6,9-10,12H2,1-3H3. The predicted molar refractivity (Wildman–Crippen MR) is 96.2 cm³/mol. The molecule has 0 spiro atoms. The number of carbonyl (C=O) groups excluding carboxylic acids is 1.